The molecule has 0 spiro atoms. The Labute approximate surface area is 213 Å². The number of amides is 1. The van der Waals surface area contributed by atoms with Gasteiger partial charge in [0.1, 0.15) is 10.8 Å². The minimum absolute atomic E-state index is 0.0510. The molecule has 0 atom stereocenters. The number of nitrogens with zero attached hydrogens (tertiary/aromatic N) is 2. The third-order valence-electron chi connectivity index (χ3n) is 6.76. The number of rotatable bonds is 8. The number of carbonyl (C=O) groups excluding carboxylic acids is 1. The highest BCUT2D eigenvalue weighted by molar-refractivity contribution is 7.13. The van der Waals surface area contributed by atoms with Gasteiger partial charge in [0.15, 0.2) is 0 Å². The van der Waals surface area contributed by atoms with Crippen molar-refractivity contribution in [1.82, 2.24) is 14.9 Å². The SMILES string of the molecule is CCCCNC(=O)c1c(C)c(-c2csc(-c3ccc(OC(F)(F)F)cc3)n2)n(C2CCCCC2)c1C. The van der Waals surface area contributed by atoms with Crippen molar-refractivity contribution in [2.45, 2.75) is 78.1 Å². The molecule has 2 heterocycles. The maximum absolute atomic E-state index is 13.2. The predicted molar refractivity (Wildman–Crippen MR) is 136 cm³/mol. The Bertz CT molecular complexity index is 1190. The van der Waals surface area contributed by atoms with Gasteiger partial charge in [-0.1, -0.05) is 32.6 Å². The van der Waals surface area contributed by atoms with Crippen molar-refractivity contribution in [2.24, 2.45) is 0 Å². The van der Waals surface area contributed by atoms with E-state index in [0.29, 0.717) is 23.2 Å². The van der Waals surface area contributed by atoms with Crippen LogP contribution in [0.25, 0.3) is 22.0 Å². The van der Waals surface area contributed by atoms with Crippen LogP contribution in [0.5, 0.6) is 5.75 Å². The zero-order valence-corrected chi connectivity index (χ0v) is 21.7. The van der Waals surface area contributed by atoms with Crippen LogP contribution in [0.3, 0.4) is 0 Å². The van der Waals surface area contributed by atoms with Gasteiger partial charge in [-0.25, -0.2) is 4.98 Å². The standard InChI is InChI=1S/C27H32F3N3O2S/c1-4-5-15-31-25(34)23-17(2)24(33(18(23)3)20-9-7-6-8-10-20)22-16-36-26(32-22)19-11-13-21(14-12-19)35-27(28,29)30/h11-14,16,20H,4-10,15H2,1-3H3,(H,31,34). The molecule has 0 unspecified atom stereocenters. The number of nitrogens with one attached hydrogen (secondary N) is 1. The molecule has 1 aliphatic carbocycles. The zero-order valence-electron chi connectivity index (χ0n) is 20.9. The maximum Gasteiger partial charge on any atom is 0.573 e. The van der Waals surface area contributed by atoms with Crippen LogP contribution in [0.1, 0.15) is 79.5 Å². The highest BCUT2D eigenvalue weighted by Crippen LogP contribution is 2.40. The molecule has 0 bridgehead atoms. The van der Waals surface area contributed by atoms with Crippen molar-refractivity contribution in [1.29, 1.82) is 0 Å². The van der Waals surface area contributed by atoms with Gasteiger partial charge < -0.3 is 14.6 Å². The van der Waals surface area contributed by atoms with E-state index in [-0.39, 0.29) is 11.7 Å². The number of aromatic nitrogens is 2. The van der Waals surface area contributed by atoms with Crippen molar-refractivity contribution in [3.8, 4) is 27.7 Å². The molecule has 1 aliphatic rings. The molecule has 1 aromatic carbocycles. The molecule has 194 valence electrons. The first-order valence-electron chi connectivity index (χ1n) is 12.5. The second-order valence-corrected chi connectivity index (χ2v) is 10.2. The van der Waals surface area contributed by atoms with E-state index in [0.717, 1.165) is 66.7 Å². The predicted octanol–water partition coefficient (Wildman–Crippen LogP) is 7.83. The second kappa shape index (κ2) is 11.1. The largest absolute Gasteiger partial charge is 0.573 e. The van der Waals surface area contributed by atoms with Gasteiger partial charge in [0.25, 0.3) is 5.91 Å². The van der Waals surface area contributed by atoms with Crippen LogP contribution in [0, 0.1) is 13.8 Å². The van der Waals surface area contributed by atoms with Gasteiger partial charge in [-0.15, -0.1) is 24.5 Å². The highest BCUT2D eigenvalue weighted by atomic mass is 32.1. The fourth-order valence-electron chi connectivity index (χ4n) is 5.09. The number of thiazole rings is 1. The molecule has 1 fully saturated rings. The molecule has 9 heteroatoms. The first-order chi connectivity index (χ1) is 17.2. The van der Waals surface area contributed by atoms with E-state index < -0.39 is 6.36 Å². The normalized spacial score (nSPS) is 14.7. The summed E-state index contributed by atoms with van der Waals surface area (Å²) in [5, 5.41) is 5.73. The molecule has 5 nitrogen and oxygen atoms in total. The average molecular weight is 520 g/mol. The molecule has 1 saturated carbocycles. The van der Waals surface area contributed by atoms with E-state index in [1.807, 2.05) is 19.2 Å². The van der Waals surface area contributed by atoms with E-state index in [2.05, 4.69) is 21.5 Å². The topological polar surface area (TPSA) is 56.1 Å². The van der Waals surface area contributed by atoms with Crippen LogP contribution in [-0.4, -0.2) is 28.4 Å². The summed E-state index contributed by atoms with van der Waals surface area (Å²) >= 11 is 1.43. The quantitative estimate of drug-likeness (QED) is 0.309. The first-order valence-corrected chi connectivity index (χ1v) is 13.4. The van der Waals surface area contributed by atoms with Crippen molar-refractivity contribution in [2.75, 3.05) is 6.54 Å². The van der Waals surface area contributed by atoms with Crippen molar-refractivity contribution in [3.05, 3.63) is 46.5 Å². The van der Waals surface area contributed by atoms with Gasteiger partial charge in [0.2, 0.25) is 0 Å². The maximum atomic E-state index is 13.2. The van der Waals surface area contributed by atoms with Crippen molar-refractivity contribution >= 4 is 17.2 Å². The van der Waals surface area contributed by atoms with Gasteiger partial charge in [-0.3, -0.25) is 4.79 Å². The summed E-state index contributed by atoms with van der Waals surface area (Å²) in [4.78, 5) is 18.0. The van der Waals surface area contributed by atoms with Crippen LogP contribution in [0.15, 0.2) is 29.6 Å². The molecular weight excluding hydrogens is 487 g/mol. The van der Waals surface area contributed by atoms with Crippen LogP contribution in [-0.2, 0) is 0 Å². The molecular formula is C27H32F3N3O2S. The minimum Gasteiger partial charge on any atom is -0.406 e. The zero-order chi connectivity index (χ0) is 25.9. The molecule has 4 rings (SSSR count). The number of hydrogen-bond acceptors (Lipinski definition) is 4. The van der Waals surface area contributed by atoms with Crippen LogP contribution < -0.4 is 10.1 Å². The number of hydrogen-bond donors (Lipinski definition) is 1. The summed E-state index contributed by atoms with van der Waals surface area (Å²) in [7, 11) is 0. The Hall–Kier alpha value is -2.81. The highest BCUT2D eigenvalue weighted by Gasteiger charge is 2.31. The van der Waals surface area contributed by atoms with E-state index in [1.54, 1.807) is 12.1 Å². The van der Waals surface area contributed by atoms with E-state index in [9.17, 15) is 18.0 Å². The second-order valence-electron chi connectivity index (χ2n) is 9.32. The van der Waals surface area contributed by atoms with Crippen LogP contribution in [0.4, 0.5) is 13.2 Å². The Balaban J connectivity index is 1.70. The summed E-state index contributed by atoms with van der Waals surface area (Å²) in [6, 6.07) is 6.06. The van der Waals surface area contributed by atoms with Gasteiger partial charge in [0, 0.05) is 29.2 Å². The summed E-state index contributed by atoms with van der Waals surface area (Å²) in [6.45, 7) is 6.75. The number of unbranched alkanes of at least 4 members (excludes halogenated alkanes) is 1. The van der Waals surface area contributed by atoms with Gasteiger partial charge in [0.05, 0.1) is 17.0 Å². The summed E-state index contributed by atoms with van der Waals surface area (Å²) in [5.74, 6) is -0.315. The van der Waals surface area contributed by atoms with E-state index in [4.69, 9.17) is 4.98 Å². The molecule has 36 heavy (non-hydrogen) atoms. The van der Waals surface area contributed by atoms with Gasteiger partial charge >= 0.3 is 6.36 Å². The monoisotopic (exact) mass is 519 g/mol. The van der Waals surface area contributed by atoms with Crippen molar-refractivity contribution in [3.63, 3.8) is 0 Å². The van der Waals surface area contributed by atoms with E-state index >= 15 is 0 Å². The lowest BCUT2D eigenvalue weighted by atomic mass is 9.95. The van der Waals surface area contributed by atoms with Crippen LogP contribution in [0.2, 0.25) is 0 Å². The molecule has 1 amide bonds. The average Bonchev–Trinajstić information content (AvgIpc) is 3.41. The summed E-state index contributed by atoms with van der Waals surface area (Å²) < 4.78 is 43.8. The first kappa shape index (κ1) is 26.3. The lowest BCUT2D eigenvalue weighted by molar-refractivity contribution is -0.274. The van der Waals surface area contributed by atoms with E-state index in [1.165, 1.54) is 29.9 Å². The Morgan fingerprint density at radius 3 is 2.50 bits per heavy atom. The van der Waals surface area contributed by atoms with Crippen molar-refractivity contribution < 1.29 is 22.7 Å². The number of halogens is 3. The molecule has 3 aromatic rings. The van der Waals surface area contributed by atoms with Crippen LogP contribution >= 0.6 is 11.3 Å². The lowest BCUT2D eigenvalue weighted by Gasteiger charge is -2.27. The third-order valence-corrected chi connectivity index (χ3v) is 7.65. The fourth-order valence-corrected chi connectivity index (χ4v) is 5.90. The number of carbonyl (C=O) groups is 1. The number of alkyl halides is 3. The third kappa shape index (κ3) is 5.77. The molecule has 2 aromatic heterocycles. The Kier molecular flexibility index (Phi) is 8.07. The molecule has 0 radical (unpaired) electrons. The summed E-state index contributed by atoms with van der Waals surface area (Å²) in [5.41, 5.74) is 5.05. The fraction of sp³-hybridized carbons (Fsp3) is 0.481. The summed E-state index contributed by atoms with van der Waals surface area (Å²) in [6.07, 6.45) is 2.90. The Morgan fingerprint density at radius 2 is 1.86 bits per heavy atom. The number of ether oxygens (including phenoxy) is 1. The van der Waals surface area contributed by atoms with Gasteiger partial charge in [-0.2, -0.15) is 0 Å². The number of benzene rings is 1. The lowest BCUT2D eigenvalue weighted by Crippen LogP contribution is -2.25. The smallest absolute Gasteiger partial charge is 0.406 e. The molecule has 1 N–H and O–H groups in total. The minimum atomic E-state index is -4.73. The molecule has 0 saturated heterocycles. The van der Waals surface area contributed by atoms with Gasteiger partial charge in [-0.05, 0) is 62.9 Å². The Morgan fingerprint density at radius 1 is 1.17 bits per heavy atom. The molecule has 0 aliphatic heterocycles.